The van der Waals surface area contributed by atoms with Gasteiger partial charge in [0, 0.05) is 4.47 Å². The number of rotatable bonds is 5. The average Bonchev–Trinajstić information content (AvgIpc) is 2.43. The van der Waals surface area contributed by atoms with Crippen LogP contribution in [-0.4, -0.2) is 6.54 Å². The molecule has 0 amide bonds. The van der Waals surface area contributed by atoms with Gasteiger partial charge in [0.05, 0.1) is 4.47 Å². The predicted octanol–water partition coefficient (Wildman–Crippen LogP) is 4.71. The minimum atomic E-state index is -0.222. The Morgan fingerprint density at radius 1 is 1.05 bits per heavy atom. The predicted molar refractivity (Wildman–Crippen MR) is 88.2 cm³/mol. The highest BCUT2D eigenvalue weighted by atomic mass is 79.9. The molecule has 106 valence electrons. The highest BCUT2D eigenvalue weighted by Crippen LogP contribution is 2.24. The van der Waals surface area contributed by atoms with E-state index in [4.69, 9.17) is 5.73 Å². The van der Waals surface area contributed by atoms with Crippen LogP contribution in [0.3, 0.4) is 0 Å². The highest BCUT2D eigenvalue weighted by Gasteiger charge is 2.13. The van der Waals surface area contributed by atoms with Crippen LogP contribution >= 0.6 is 31.9 Å². The second-order valence-electron chi connectivity index (χ2n) is 4.85. The van der Waals surface area contributed by atoms with Gasteiger partial charge in [-0.15, -0.1) is 0 Å². The van der Waals surface area contributed by atoms with E-state index in [1.807, 2.05) is 18.2 Å². The Hall–Kier alpha value is -0.710. The second-order valence-corrected chi connectivity index (χ2v) is 6.56. The Morgan fingerprint density at radius 2 is 1.80 bits per heavy atom. The lowest BCUT2D eigenvalue weighted by Gasteiger charge is -2.16. The van der Waals surface area contributed by atoms with Gasteiger partial charge in [-0.2, -0.15) is 0 Å². The largest absolute Gasteiger partial charge is 0.330 e. The maximum atomic E-state index is 13.5. The Bertz CT molecular complexity index is 586. The Morgan fingerprint density at radius 3 is 2.50 bits per heavy atom. The Balaban J connectivity index is 2.11. The molecule has 0 radical (unpaired) electrons. The number of hydrogen-bond acceptors (Lipinski definition) is 1. The van der Waals surface area contributed by atoms with E-state index in [0.717, 1.165) is 22.9 Å². The van der Waals surface area contributed by atoms with Gasteiger partial charge >= 0.3 is 0 Å². The van der Waals surface area contributed by atoms with Gasteiger partial charge in [0.25, 0.3) is 0 Å². The van der Waals surface area contributed by atoms with Gasteiger partial charge in [-0.3, -0.25) is 0 Å². The van der Waals surface area contributed by atoms with Crippen LogP contribution in [0.4, 0.5) is 4.39 Å². The molecule has 1 unspecified atom stereocenters. The smallest absolute Gasteiger partial charge is 0.137 e. The van der Waals surface area contributed by atoms with Crippen molar-refractivity contribution in [3.63, 3.8) is 0 Å². The summed E-state index contributed by atoms with van der Waals surface area (Å²) in [6.45, 7) is 0.579. The van der Waals surface area contributed by atoms with Crippen molar-refractivity contribution < 1.29 is 4.39 Å². The van der Waals surface area contributed by atoms with Crippen LogP contribution in [0, 0.1) is 11.7 Å². The molecule has 1 atom stereocenters. The first-order valence-electron chi connectivity index (χ1n) is 6.47. The molecule has 0 heterocycles. The lowest BCUT2D eigenvalue weighted by atomic mass is 9.92. The van der Waals surface area contributed by atoms with E-state index in [1.165, 1.54) is 11.6 Å². The third-order valence-corrected chi connectivity index (χ3v) is 4.67. The van der Waals surface area contributed by atoms with Gasteiger partial charge in [-0.25, -0.2) is 4.39 Å². The second kappa shape index (κ2) is 7.34. The van der Waals surface area contributed by atoms with Crippen molar-refractivity contribution in [3.05, 3.63) is 68.4 Å². The Kier molecular flexibility index (Phi) is 5.75. The van der Waals surface area contributed by atoms with Gasteiger partial charge in [0.15, 0.2) is 0 Å². The summed E-state index contributed by atoms with van der Waals surface area (Å²) in [4.78, 5) is 0. The van der Waals surface area contributed by atoms with Crippen LogP contribution in [-0.2, 0) is 12.8 Å². The maximum absolute atomic E-state index is 13.5. The van der Waals surface area contributed by atoms with Crippen LogP contribution in [0.15, 0.2) is 51.4 Å². The molecule has 0 aliphatic rings. The van der Waals surface area contributed by atoms with Crippen LogP contribution in [0.5, 0.6) is 0 Å². The highest BCUT2D eigenvalue weighted by molar-refractivity contribution is 9.10. The minimum absolute atomic E-state index is 0.222. The lowest BCUT2D eigenvalue weighted by molar-refractivity contribution is 0.528. The third kappa shape index (κ3) is 4.14. The fourth-order valence-corrected chi connectivity index (χ4v) is 3.13. The number of nitrogens with two attached hydrogens (primary N) is 1. The fraction of sp³-hybridized carbons (Fsp3) is 0.250. The molecular formula is C16H16Br2FN. The molecule has 0 aromatic heterocycles. The summed E-state index contributed by atoms with van der Waals surface area (Å²) in [5.74, 6) is 0.0723. The van der Waals surface area contributed by atoms with E-state index >= 15 is 0 Å². The van der Waals surface area contributed by atoms with E-state index in [9.17, 15) is 4.39 Å². The molecule has 0 bridgehead atoms. The van der Waals surface area contributed by atoms with Crippen molar-refractivity contribution in [3.8, 4) is 0 Å². The molecule has 1 nitrogen and oxygen atoms in total. The summed E-state index contributed by atoms with van der Waals surface area (Å²) in [6.07, 6.45) is 1.65. The third-order valence-electron chi connectivity index (χ3n) is 3.29. The number of benzene rings is 2. The molecule has 2 N–H and O–H groups in total. The molecule has 4 heteroatoms. The Labute approximate surface area is 135 Å². The van der Waals surface area contributed by atoms with E-state index in [0.29, 0.717) is 16.9 Å². The van der Waals surface area contributed by atoms with Crippen molar-refractivity contribution in [2.75, 3.05) is 6.54 Å². The summed E-state index contributed by atoms with van der Waals surface area (Å²) in [5.41, 5.74) is 8.08. The van der Waals surface area contributed by atoms with Crippen molar-refractivity contribution in [1.29, 1.82) is 0 Å². The molecule has 2 aromatic carbocycles. The average molecular weight is 401 g/mol. The SMILES string of the molecule is NCC(Cc1cccc(Br)c1)Cc1cccc(F)c1Br. The summed E-state index contributed by atoms with van der Waals surface area (Å²) in [5, 5.41) is 0. The molecular weight excluding hydrogens is 385 g/mol. The zero-order chi connectivity index (χ0) is 14.5. The van der Waals surface area contributed by atoms with E-state index < -0.39 is 0 Å². The van der Waals surface area contributed by atoms with E-state index in [-0.39, 0.29) is 5.82 Å². The summed E-state index contributed by atoms with van der Waals surface area (Å²) in [6, 6.07) is 13.4. The van der Waals surface area contributed by atoms with Gasteiger partial charge in [0.1, 0.15) is 5.82 Å². The van der Waals surface area contributed by atoms with Crippen LogP contribution in [0.2, 0.25) is 0 Å². The monoisotopic (exact) mass is 399 g/mol. The molecule has 0 saturated heterocycles. The van der Waals surface area contributed by atoms with Crippen molar-refractivity contribution >= 4 is 31.9 Å². The quantitative estimate of drug-likeness (QED) is 0.772. The minimum Gasteiger partial charge on any atom is -0.330 e. The number of hydrogen-bond donors (Lipinski definition) is 1. The van der Waals surface area contributed by atoms with Crippen LogP contribution in [0.25, 0.3) is 0 Å². The lowest BCUT2D eigenvalue weighted by Crippen LogP contribution is -2.19. The van der Waals surface area contributed by atoms with Crippen molar-refractivity contribution in [2.24, 2.45) is 11.7 Å². The molecule has 0 fully saturated rings. The summed E-state index contributed by atoms with van der Waals surface area (Å²) in [7, 11) is 0. The topological polar surface area (TPSA) is 26.0 Å². The van der Waals surface area contributed by atoms with Gasteiger partial charge in [-0.1, -0.05) is 40.2 Å². The molecule has 20 heavy (non-hydrogen) atoms. The molecule has 2 rings (SSSR count). The first kappa shape index (κ1) is 15.7. The molecule has 0 spiro atoms. The molecule has 0 aliphatic heterocycles. The fourth-order valence-electron chi connectivity index (χ4n) is 2.25. The number of halogens is 3. The van der Waals surface area contributed by atoms with Gasteiger partial charge < -0.3 is 5.73 Å². The van der Waals surface area contributed by atoms with Crippen molar-refractivity contribution in [1.82, 2.24) is 0 Å². The van der Waals surface area contributed by atoms with Gasteiger partial charge in [-0.05, 0) is 70.6 Å². The van der Waals surface area contributed by atoms with Crippen LogP contribution < -0.4 is 5.73 Å². The zero-order valence-corrected chi connectivity index (χ0v) is 14.1. The maximum Gasteiger partial charge on any atom is 0.137 e. The normalized spacial score (nSPS) is 12.4. The van der Waals surface area contributed by atoms with Crippen molar-refractivity contribution in [2.45, 2.75) is 12.8 Å². The standard InChI is InChI=1S/C16H16Br2FN/c17-14-5-1-3-11(9-14)7-12(10-20)8-13-4-2-6-15(19)16(13)18/h1-6,9,12H,7-8,10,20H2. The zero-order valence-electron chi connectivity index (χ0n) is 11.0. The van der Waals surface area contributed by atoms with Gasteiger partial charge in [0.2, 0.25) is 0 Å². The summed E-state index contributed by atoms with van der Waals surface area (Å²) < 4.78 is 15.1. The first-order valence-corrected chi connectivity index (χ1v) is 8.06. The van der Waals surface area contributed by atoms with E-state index in [1.54, 1.807) is 6.07 Å². The van der Waals surface area contributed by atoms with E-state index in [2.05, 4.69) is 44.0 Å². The van der Waals surface area contributed by atoms with Crippen LogP contribution in [0.1, 0.15) is 11.1 Å². The molecule has 0 saturated carbocycles. The molecule has 0 aliphatic carbocycles. The molecule has 2 aromatic rings. The summed E-state index contributed by atoms with van der Waals surface area (Å²) >= 11 is 6.79. The first-order chi connectivity index (χ1) is 9.60.